The number of aromatic nitrogens is 1. The summed E-state index contributed by atoms with van der Waals surface area (Å²) in [5.74, 6) is -1.53. The Hall–Kier alpha value is -4.00. The fourth-order valence-corrected chi connectivity index (χ4v) is 4.06. The molecule has 0 aliphatic heterocycles. The lowest BCUT2D eigenvalue weighted by atomic mass is 10.1. The molecule has 0 radical (unpaired) electrons. The highest BCUT2D eigenvalue weighted by atomic mass is 16.4. The molecule has 0 spiro atoms. The van der Waals surface area contributed by atoms with E-state index in [0.717, 1.165) is 38.5 Å². The number of nitrogens with zero attached hydrogens (tertiary/aromatic N) is 1. The number of aliphatic carboxylic acids is 1. The number of hydrogen-bond donors (Lipinski definition) is 3. The largest absolute Gasteiger partial charge is 0.480 e. The number of hydrogen-bond acceptors (Lipinski definition) is 4. The first-order chi connectivity index (χ1) is 21.0. The summed E-state index contributed by atoms with van der Waals surface area (Å²) in [5.41, 5.74) is 1.03. The molecule has 7 heteroatoms. The van der Waals surface area contributed by atoms with E-state index in [0.29, 0.717) is 49.9 Å². The first-order valence-corrected chi connectivity index (χ1v) is 15.6. The minimum Gasteiger partial charge on any atom is -0.480 e. The van der Waals surface area contributed by atoms with Crippen LogP contribution in [0.15, 0.2) is 91.2 Å². The fourth-order valence-electron chi connectivity index (χ4n) is 4.06. The molecular weight excluding hydrogens is 538 g/mol. The Morgan fingerprint density at radius 1 is 0.814 bits per heavy atom. The maximum atomic E-state index is 12.5. The zero-order valence-electron chi connectivity index (χ0n) is 26.0. The summed E-state index contributed by atoms with van der Waals surface area (Å²) in [4.78, 5) is 40.4. The van der Waals surface area contributed by atoms with Crippen LogP contribution in [-0.4, -0.2) is 40.5 Å². The SMILES string of the molecule is CCC=CCC=CCC=CCC=CCC=CCC=CCCC(=O)NCCCC[C@H](NC(=O)c1cccnc1CC)C(=O)O. The average Bonchev–Trinajstić information content (AvgIpc) is 3.01. The minimum absolute atomic E-state index is 0.0220. The second-order valence-corrected chi connectivity index (χ2v) is 10.0. The molecule has 3 N–H and O–H groups in total. The molecule has 1 aromatic heterocycles. The minimum atomic E-state index is -1.07. The van der Waals surface area contributed by atoms with E-state index in [4.69, 9.17) is 0 Å². The molecule has 1 heterocycles. The molecule has 1 aromatic rings. The van der Waals surface area contributed by atoms with Crippen LogP contribution in [0.2, 0.25) is 0 Å². The number of carboxylic acid groups (broad SMARTS) is 1. The van der Waals surface area contributed by atoms with Gasteiger partial charge in [-0.1, -0.05) is 86.8 Å². The number of carboxylic acids is 1. The van der Waals surface area contributed by atoms with E-state index in [1.54, 1.807) is 18.3 Å². The van der Waals surface area contributed by atoms with Gasteiger partial charge in [-0.2, -0.15) is 0 Å². The summed E-state index contributed by atoms with van der Waals surface area (Å²) < 4.78 is 0. The summed E-state index contributed by atoms with van der Waals surface area (Å²) in [7, 11) is 0. The van der Waals surface area contributed by atoms with E-state index in [1.165, 1.54) is 0 Å². The van der Waals surface area contributed by atoms with Crippen molar-refractivity contribution in [3.63, 3.8) is 0 Å². The highest BCUT2D eigenvalue weighted by Crippen LogP contribution is 2.09. The van der Waals surface area contributed by atoms with Crippen LogP contribution in [0.5, 0.6) is 0 Å². The maximum Gasteiger partial charge on any atom is 0.326 e. The number of rotatable bonds is 23. The van der Waals surface area contributed by atoms with Crippen LogP contribution in [-0.2, 0) is 16.0 Å². The van der Waals surface area contributed by atoms with Crippen molar-refractivity contribution in [1.29, 1.82) is 0 Å². The first kappa shape index (κ1) is 37.0. The number of aryl methyl sites for hydroxylation is 1. The number of allylic oxidation sites excluding steroid dienone is 12. The molecule has 0 fully saturated rings. The number of amides is 2. The van der Waals surface area contributed by atoms with Crippen LogP contribution >= 0.6 is 0 Å². The quantitative estimate of drug-likeness (QED) is 0.0900. The smallest absolute Gasteiger partial charge is 0.326 e. The Bertz CT molecular complexity index is 1120. The molecule has 1 rings (SSSR count). The number of pyridine rings is 1. The Morgan fingerprint density at radius 3 is 1.91 bits per heavy atom. The second kappa shape index (κ2) is 25.7. The molecule has 0 aliphatic carbocycles. The zero-order chi connectivity index (χ0) is 31.4. The highest BCUT2D eigenvalue weighted by molar-refractivity contribution is 5.97. The van der Waals surface area contributed by atoms with Crippen LogP contribution in [0.3, 0.4) is 0 Å². The van der Waals surface area contributed by atoms with Crippen molar-refractivity contribution >= 4 is 17.8 Å². The summed E-state index contributed by atoms with van der Waals surface area (Å²) in [6.07, 6.45) is 36.4. The van der Waals surface area contributed by atoms with E-state index in [-0.39, 0.29) is 12.3 Å². The van der Waals surface area contributed by atoms with Crippen LogP contribution < -0.4 is 10.6 Å². The topological polar surface area (TPSA) is 108 Å². The monoisotopic (exact) mass is 589 g/mol. The first-order valence-electron chi connectivity index (χ1n) is 15.6. The molecule has 0 aliphatic rings. The highest BCUT2D eigenvalue weighted by Gasteiger charge is 2.21. The van der Waals surface area contributed by atoms with Crippen molar-refractivity contribution in [3.05, 3.63) is 102 Å². The summed E-state index contributed by atoms with van der Waals surface area (Å²) in [6, 6.07) is 2.32. The average molecular weight is 590 g/mol. The van der Waals surface area contributed by atoms with Gasteiger partial charge in [0.1, 0.15) is 6.04 Å². The number of carbonyl (C=O) groups is 3. The van der Waals surface area contributed by atoms with Crippen molar-refractivity contribution in [1.82, 2.24) is 15.6 Å². The van der Waals surface area contributed by atoms with Crippen molar-refractivity contribution < 1.29 is 19.5 Å². The Morgan fingerprint density at radius 2 is 1.37 bits per heavy atom. The van der Waals surface area contributed by atoms with Gasteiger partial charge in [-0.3, -0.25) is 14.6 Å². The molecule has 1 atom stereocenters. The molecule has 0 saturated carbocycles. The molecule has 0 bridgehead atoms. The van der Waals surface area contributed by atoms with Crippen molar-refractivity contribution in [2.24, 2.45) is 0 Å². The number of nitrogens with one attached hydrogen (secondary N) is 2. The van der Waals surface area contributed by atoms with Gasteiger partial charge in [0.25, 0.3) is 5.91 Å². The van der Waals surface area contributed by atoms with Gasteiger partial charge >= 0.3 is 5.97 Å². The third kappa shape index (κ3) is 19.7. The van der Waals surface area contributed by atoms with Gasteiger partial charge < -0.3 is 15.7 Å². The molecule has 234 valence electrons. The molecule has 43 heavy (non-hydrogen) atoms. The van der Waals surface area contributed by atoms with Gasteiger partial charge in [-0.15, -0.1) is 0 Å². The van der Waals surface area contributed by atoms with Gasteiger partial charge in [-0.05, 0) is 82.8 Å². The van der Waals surface area contributed by atoms with Gasteiger partial charge in [0.2, 0.25) is 5.91 Å². The second-order valence-electron chi connectivity index (χ2n) is 10.0. The van der Waals surface area contributed by atoms with Gasteiger partial charge in [0.15, 0.2) is 0 Å². The molecular formula is C36H51N3O4. The summed E-state index contributed by atoms with van der Waals surface area (Å²) in [5, 5.41) is 15.0. The maximum absolute atomic E-state index is 12.5. The van der Waals surface area contributed by atoms with Crippen molar-refractivity contribution in [2.45, 2.75) is 96.9 Å². The molecule has 7 nitrogen and oxygen atoms in total. The lowest BCUT2D eigenvalue weighted by Crippen LogP contribution is -2.41. The molecule has 0 unspecified atom stereocenters. The van der Waals surface area contributed by atoms with Crippen molar-refractivity contribution in [3.8, 4) is 0 Å². The van der Waals surface area contributed by atoms with E-state index in [2.05, 4.69) is 89.4 Å². The zero-order valence-corrected chi connectivity index (χ0v) is 26.0. The predicted molar refractivity (Wildman–Crippen MR) is 177 cm³/mol. The van der Waals surface area contributed by atoms with Crippen LogP contribution in [0, 0.1) is 0 Å². The Balaban J connectivity index is 2.10. The van der Waals surface area contributed by atoms with Crippen molar-refractivity contribution in [2.75, 3.05) is 6.54 Å². The van der Waals surface area contributed by atoms with Crippen LogP contribution in [0.25, 0.3) is 0 Å². The molecule has 0 aromatic carbocycles. The normalized spacial score (nSPS) is 12.9. The number of unbranched alkanes of at least 4 members (excludes halogenated alkanes) is 1. The van der Waals surface area contributed by atoms with E-state index < -0.39 is 17.9 Å². The van der Waals surface area contributed by atoms with Gasteiger partial charge in [-0.25, -0.2) is 4.79 Å². The van der Waals surface area contributed by atoms with E-state index in [9.17, 15) is 19.5 Å². The van der Waals surface area contributed by atoms with Gasteiger partial charge in [0, 0.05) is 19.2 Å². The summed E-state index contributed by atoms with van der Waals surface area (Å²) >= 11 is 0. The lowest BCUT2D eigenvalue weighted by Gasteiger charge is -2.15. The molecule has 2 amide bonds. The van der Waals surface area contributed by atoms with E-state index in [1.807, 2.05) is 13.0 Å². The predicted octanol–water partition coefficient (Wildman–Crippen LogP) is 7.59. The lowest BCUT2D eigenvalue weighted by molar-refractivity contribution is -0.139. The molecule has 0 saturated heterocycles. The third-order valence-electron chi connectivity index (χ3n) is 6.45. The standard InChI is InChI=1S/C36H51N3O4/c1-3-5-6-7-8-9-10-11-12-13-14-15-16-17-18-19-20-21-22-28-34(40)38-29-24-23-27-33(36(42)43)39-35(41)31-26-25-30-37-32(31)4-2/h5-6,8-9,11-12,14-15,17-18,20-21,25-26,30,33H,3-4,7,10,13,16,19,22-24,27-29H2,1-2H3,(H,38,40)(H,39,41)(H,42,43)/t33-/m0/s1. The fraction of sp³-hybridized carbons (Fsp3) is 0.444. The third-order valence-corrected chi connectivity index (χ3v) is 6.45. The Kier molecular flexibility index (Phi) is 22.1. The van der Waals surface area contributed by atoms with Gasteiger partial charge in [0.05, 0.1) is 11.3 Å². The van der Waals surface area contributed by atoms with Crippen LogP contribution in [0.1, 0.15) is 101 Å². The Labute approximate surface area is 258 Å². The number of carbonyl (C=O) groups excluding carboxylic acids is 2. The van der Waals surface area contributed by atoms with E-state index >= 15 is 0 Å². The summed E-state index contributed by atoms with van der Waals surface area (Å²) in [6.45, 7) is 4.52. The van der Waals surface area contributed by atoms with Crippen LogP contribution in [0.4, 0.5) is 0 Å².